The Labute approximate surface area is 98.8 Å². The van der Waals surface area contributed by atoms with Gasteiger partial charge in [-0.1, -0.05) is 27.5 Å². The topological polar surface area (TPSA) is 17.1 Å². The van der Waals surface area contributed by atoms with Crippen LogP contribution in [0.25, 0.3) is 10.1 Å². The van der Waals surface area contributed by atoms with Gasteiger partial charge in [-0.3, -0.25) is 4.79 Å². The zero-order chi connectivity index (χ0) is 10.1. The Morgan fingerprint density at radius 1 is 1.57 bits per heavy atom. The summed E-state index contributed by atoms with van der Waals surface area (Å²) in [6.07, 6.45) is 0.816. The standard InChI is InChI=1S/C10H6BrClOS/c11-4-6-3-9-7(1-2-14-9)10(12)8(6)5-13/h1-3,5H,4H2. The second-order valence-electron chi connectivity index (χ2n) is 2.85. The van der Waals surface area contributed by atoms with Crippen LogP contribution in [0, 0.1) is 0 Å². The Hall–Kier alpha value is -0.380. The number of hydrogen-bond acceptors (Lipinski definition) is 2. The number of carbonyl (C=O) groups excluding carboxylic acids is 1. The molecule has 0 saturated heterocycles. The first kappa shape index (κ1) is 10.1. The number of alkyl halides is 1. The van der Waals surface area contributed by atoms with E-state index in [1.54, 1.807) is 11.3 Å². The first-order valence-corrected chi connectivity index (χ1v) is 6.35. The molecule has 4 heteroatoms. The van der Waals surface area contributed by atoms with Crippen LogP contribution in [0.2, 0.25) is 5.02 Å². The maximum atomic E-state index is 10.9. The van der Waals surface area contributed by atoms with E-state index < -0.39 is 0 Å². The van der Waals surface area contributed by atoms with E-state index in [1.165, 1.54) is 0 Å². The molecule has 0 spiro atoms. The van der Waals surface area contributed by atoms with Crippen molar-refractivity contribution in [2.45, 2.75) is 5.33 Å². The number of hydrogen-bond donors (Lipinski definition) is 0. The van der Waals surface area contributed by atoms with Crippen molar-refractivity contribution in [3.63, 3.8) is 0 Å². The zero-order valence-corrected chi connectivity index (χ0v) is 10.2. The minimum absolute atomic E-state index is 0.563. The summed E-state index contributed by atoms with van der Waals surface area (Å²) >= 11 is 11.1. The van der Waals surface area contributed by atoms with E-state index in [9.17, 15) is 4.79 Å². The summed E-state index contributed by atoms with van der Waals surface area (Å²) in [6.45, 7) is 0. The third-order valence-corrected chi connectivity index (χ3v) is 3.96. The van der Waals surface area contributed by atoms with Gasteiger partial charge in [-0.15, -0.1) is 11.3 Å². The predicted octanol–water partition coefficient (Wildman–Crippen LogP) is 4.26. The van der Waals surface area contributed by atoms with E-state index in [2.05, 4.69) is 15.9 Å². The maximum absolute atomic E-state index is 10.9. The predicted molar refractivity (Wildman–Crippen MR) is 64.9 cm³/mol. The quantitative estimate of drug-likeness (QED) is 0.596. The fourth-order valence-electron chi connectivity index (χ4n) is 1.37. The molecule has 0 fully saturated rings. The van der Waals surface area contributed by atoms with Crippen molar-refractivity contribution in [3.05, 3.63) is 33.7 Å². The van der Waals surface area contributed by atoms with E-state index in [0.29, 0.717) is 15.9 Å². The molecule has 0 saturated carbocycles. The van der Waals surface area contributed by atoms with Gasteiger partial charge < -0.3 is 0 Å². The largest absolute Gasteiger partial charge is 0.298 e. The van der Waals surface area contributed by atoms with Gasteiger partial charge in [0, 0.05) is 21.0 Å². The summed E-state index contributed by atoms with van der Waals surface area (Å²) in [5.41, 5.74) is 1.54. The van der Waals surface area contributed by atoms with Crippen LogP contribution in [-0.2, 0) is 5.33 Å². The lowest BCUT2D eigenvalue weighted by atomic mass is 10.1. The molecule has 14 heavy (non-hydrogen) atoms. The van der Waals surface area contributed by atoms with Crippen molar-refractivity contribution >= 4 is 55.2 Å². The van der Waals surface area contributed by atoms with Crippen LogP contribution in [0.3, 0.4) is 0 Å². The van der Waals surface area contributed by atoms with Crippen LogP contribution in [0.15, 0.2) is 17.5 Å². The molecule has 0 atom stereocenters. The Morgan fingerprint density at radius 3 is 3.00 bits per heavy atom. The Bertz CT molecular complexity index is 492. The van der Waals surface area contributed by atoms with Gasteiger partial charge in [0.25, 0.3) is 0 Å². The zero-order valence-electron chi connectivity index (χ0n) is 7.09. The molecule has 1 aromatic carbocycles. The van der Waals surface area contributed by atoms with Crippen LogP contribution in [0.1, 0.15) is 15.9 Å². The molecule has 0 aliphatic rings. The molecule has 1 aromatic heterocycles. The molecule has 1 heterocycles. The smallest absolute Gasteiger partial charge is 0.151 e. The van der Waals surface area contributed by atoms with Crippen LogP contribution in [0.5, 0.6) is 0 Å². The van der Waals surface area contributed by atoms with Crippen LogP contribution in [0.4, 0.5) is 0 Å². The second-order valence-corrected chi connectivity index (χ2v) is 4.73. The van der Waals surface area contributed by atoms with Gasteiger partial charge in [0.15, 0.2) is 6.29 Å². The monoisotopic (exact) mass is 288 g/mol. The van der Waals surface area contributed by atoms with Gasteiger partial charge in [0.1, 0.15) is 0 Å². The van der Waals surface area contributed by atoms with Gasteiger partial charge in [-0.2, -0.15) is 0 Å². The number of benzene rings is 1. The highest BCUT2D eigenvalue weighted by molar-refractivity contribution is 9.08. The van der Waals surface area contributed by atoms with Crippen molar-refractivity contribution < 1.29 is 4.79 Å². The number of rotatable bonds is 2. The summed E-state index contributed by atoms with van der Waals surface area (Å²) in [6, 6.07) is 3.94. The average molecular weight is 290 g/mol. The number of halogens is 2. The Morgan fingerprint density at radius 2 is 2.36 bits per heavy atom. The van der Waals surface area contributed by atoms with Crippen molar-refractivity contribution in [2.24, 2.45) is 0 Å². The summed E-state index contributed by atoms with van der Waals surface area (Å²) < 4.78 is 1.12. The van der Waals surface area contributed by atoms with Crippen molar-refractivity contribution in [1.29, 1.82) is 0 Å². The lowest BCUT2D eigenvalue weighted by molar-refractivity contribution is 0.112. The first-order chi connectivity index (χ1) is 6.77. The van der Waals surface area contributed by atoms with E-state index >= 15 is 0 Å². The molecule has 1 nitrogen and oxygen atoms in total. The van der Waals surface area contributed by atoms with Crippen molar-refractivity contribution in [3.8, 4) is 0 Å². The first-order valence-electron chi connectivity index (χ1n) is 3.97. The van der Waals surface area contributed by atoms with Crippen molar-refractivity contribution in [2.75, 3.05) is 0 Å². The molecular weight excluding hydrogens is 284 g/mol. The molecule has 72 valence electrons. The Kier molecular flexibility index (Phi) is 2.91. The summed E-state index contributed by atoms with van der Waals surface area (Å²) in [5, 5.41) is 4.15. The molecule has 0 aliphatic heterocycles. The number of aldehydes is 1. The maximum Gasteiger partial charge on any atom is 0.151 e. The lowest BCUT2D eigenvalue weighted by Gasteiger charge is -2.04. The molecule has 0 amide bonds. The number of thiophene rings is 1. The molecule has 0 N–H and O–H groups in total. The third kappa shape index (κ3) is 1.49. The lowest BCUT2D eigenvalue weighted by Crippen LogP contribution is -1.90. The fraction of sp³-hybridized carbons (Fsp3) is 0.100. The molecule has 0 radical (unpaired) electrons. The van der Waals surface area contributed by atoms with Gasteiger partial charge in [-0.05, 0) is 23.1 Å². The van der Waals surface area contributed by atoms with Gasteiger partial charge in [0.2, 0.25) is 0 Å². The highest BCUT2D eigenvalue weighted by Crippen LogP contribution is 2.33. The van der Waals surface area contributed by atoms with Gasteiger partial charge in [0.05, 0.1) is 5.02 Å². The number of carbonyl (C=O) groups is 1. The fourth-order valence-corrected chi connectivity index (χ4v) is 3.08. The van der Waals surface area contributed by atoms with Crippen LogP contribution in [-0.4, -0.2) is 6.29 Å². The minimum atomic E-state index is 0.563. The summed E-state index contributed by atoms with van der Waals surface area (Å²) in [7, 11) is 0. The van der Waals surface area contributed by atoms with Gasteiger partial charge >= 0.3 is 0 Å². The molecular formula is C10H6BrClOS. The van der Waals surface area contributed by atoms with Crippen LogP contribution >= 0.6 is 38.9 Å². The molecule has 0 unspecified atom stereocenters. The van der Waals surface area contributed by atoms with Crippen molar-refractivity contribution in [1.82, 2.24) is 0 Å². The minimum Gasteiger partial charge on any atom is -0.298 e. The summed E-state index contributed by atoms with van der Waals surface area (Å²) in [5.74, 6) is 0. The van der Waals surface area contributed by atoms with Crippen LogP contribution < -0.4 is 0 Å². The SMILES string of the molecule is O=Cc1c(CBr)cc2sccc2c1Cl. The Balaban J connectivity index is 2.85. The van der Waals surface area contributed by atoms with Gasteiger partial charge in [-0.25, -0.2) is 0 Å². The van der Waals surface area contributed by atoms with E-state index in [0.717, 1.165) is 21.9 Å². The normalized spacial score (nSPS) is 10.7. The third-order valence-electron chi connectivity index (χ3n) is 2.08. The second kappa shape index (κ2) is 4.01. The molecule has 2 rings (SSSR count). The molecule has 0 bridgehead atoms. The number of fused-ring (bicyclic) bond motifs is 1. The highest BCUT2D eigenvalue weighted by Gasteiger charge is 2.10. The average Bonchev–Trinajstić information content (AvgIpc) is 2.65. The van der Waals surface area contributed by atoms with E-state index in [4.69, 9.17) is 11.6 Å². The highest BCUT2D eigenvalue weighted by atomic mass is 79.9. The molecule has 0 aliphatic carbocycles. The summed E-state index contributed by atoms with van der Waals surface area (Å²) in [4.78, 5) is 10.9. The molecule has 2 aromatic rings. The van der Waals surface area contributed by atoms with E-state index in [1.807, 2.05) is 17.5 Å². The van der Waals surface area contributed by atoms with E-state index in [-0.39, 0.29) is 0 Å².